The molecule has 0 spiro atoms. The molecule has 0 aliphatic heterocycles. The minimum atomic E-state index is 0.562. The minimum absolute atomic E-state index is 0.562. The Morgan fingerprint density at radius 1 is 0.952 bits per heavy atom. The van der Waals surface area contributed by atoms with Crippen LogP contribution in [0, 0.1) is 0 Å². The van der Waals surface area contributed by atoms with Crippen LogP contribution in [0.25, 0.3) is 0 Å². The van der Waals surface area contributed by atoms with E-state index < -0.39 is 0 Å². The summed E-state index contributed by atoms with van der Waals surface area (Å²) in [6, 6.07) is 12.7. The molecule has 2 nitrogen and oxygen atoms in total. The first kappa shape index (κ1) is 16.5. The second-order valence-electron chi connectivity index (χ2n) is 4.88. The number of aryl methyl sites for hydroxylation is 1. The lowest BCUT2D eigenvalue weighted by atomic mass is 10.1. The van der Waals surface area contributed by atoms with E-state index in [0.717, 1.165) is 27.7 Å². The van der Waals surface area contributed by atoms with Crippen LogP contribution in [0.4, 0.5) is 0 Å². The van der Waals surface area contributed by atoms with Gasteiger partial charge in [0.25, 0.3) is 0 Å². The first-order chi connectivity index (χ1) is 10.1. The highest BCUT2D eigenvalue weighted by atomic mass is 79.9. The number of rotatable bonds is 6. The molecule has 0 atom stereocenters. The molecule has 2 aromatic rings. The number of halogens is 2. The number of benzene rings is 2. The summed E-state index contributed by atoms with van der Waals surface area (Å²) >= 11 is 7.16. The van der Waals surface area contributed by atoms with E-state index in [0.29, 0.717) is 6.61 Å². The maximum atomic E-state index is 5.95. The van der Waals surface area contributed by atoms with Gasteiger partial charge in [0, 0.05) is 6.54 Å². The van der Waals surface area contributed by atoms with Crippen LogP contribution in [0.1, 0.15) is 23.6 Å². The molecule has 0 saturated heterocycles. The molecular weight excluding hydrogens is 394 g/mol. The van der Waals surface area contributed by atoms with Crippen molar-refractivity contribution in [2.75, 3.05) is 7.05 Å². The molecule has 1 N–H and O–H groups in total. The van der Waals surface area contributed by atoms with Crippen molar-refractivity contribution in [1.82, 2.24) is 5.32 Å². The van der Waals surface area contributed by atoms with Crippen molar-refractivity contribution in [3.8, 4) is 5.75 Å². The molecule has 0 aliphatic rings. The van der Waals surface area contributed by atoms with Gasteiger partial charge in [0.2, 0.25) is 0 Å². The minimum Gasteiger partial charge on any atom is -0.487 e. The highest BCUT2D eigenvalue weighted by Crippen LogP contribution is 2.35. The van der Waals surface area contributed by atoms with Crippen molar-refractivity contribution < 1.29 is 4.74 Å². The topological polar surface area (TPSA) is 21.3 Å². The van der Waals surface area contributed by atoms with Crippen LogP contribution < -0.4 is 10.1 Å². The Bertz CT molecular complexity index is 573. The molecule has 0 aliphatic carbocycles. The van der Waals surface area contributed by atoms with E-state index in [1.807, 2.05) is 7.05 Å². The molecule has 0 bridgehead atoms. The second-order valence-corrected chi connectivity index (χ2v) is 6.59. The van der Waals surface area contributed by atoms with Crippen LogP contribution in [0.15, 0.2) is 45.3 Å². The van der Waals surface area contributed by atoms with Gasteiger partial charge in [0.15, 0.2) is 0 Å². The maximum Gasteiger partial charge on any atom is 0.148 e. The molecule has 0 amide bonds. The van der Waals surface area contributed by atoms with Crippen LogP contribution in [-0.4, -0.2) is 7.05 Å². The zero-order valence-corrected chi connectivity index (χ0v) is 15.4. The molecule has 21 heavy (non-hydrogen) atoms. The van der Waals surface area contributed by atoms with Crippen LogP contribution in [-0.2, 0) is 19.6 Å². The Kier molecular flexibility index (Phi) is 6.27. The number of hydrogen-bond acceptors (Lipinski definition) is 2. The monoisotopic (exact) mass is 411 g/mol. The molecule has 0 fully saturated rings. The fourth-order valence-corrected chi connectivity index (χ4v) is 3.59. The third-order valence-corrected chi connectivity index (χ3v) is 4.43. The average molecular weight is 413 g/mol. The van der Waals surface area contributed by atoms with E-state index in [1.165, 1.54) is 16.7 Å². The van der Waals surface area contributed by atoms with Crippen LogP contribution >= 0.6 is 31.9 Å². The van der Waals surface area contributed by atoms with E-state index in [9.17, 15) is 0 Å². The molecule has 0 aromatic heterocycles. The predicted octanol–water partition coefficient (Wildman–Crippen LogP) is 5.07. The first-order valence-electron chi connectivity index (χ1n) is 6.97. The van der Waals surface area contributed by atoms with Crippen molar-refractivity contribution in [2.24, 2.45) is 0 Å². The van der Waals surface area contributed by atoms with Gasteiger partial charge in [0.05, 0.1) is 8.95 Å². The number of hydrogen-bond donors (Lipinski definition) is 1. The molecule has 0 saturated carbocycles. The summed E-state index contributed by atoms with van der Waals surface area (Å²) in [4.78, 5) is 0. The fourth-order valence-electron chi connectivity index (χ4n) is 2.08. The molecule has 0 unspecified atom stereocenters. The Hall–Kier alpha value is -0.840. The number of ether oxygens (including phenoxy) is 1. The van der Waals surface area contributed by atoms with E-state index in [4.69, 9.17) is 4.74 Å². The SMILES string of the molecule is CCc1ccc(COc2c(Br)cc(CNC)cc2Br)cc1. The van der Waals surface area contributed by atoms with Crippen LogP contribution in [0.3, 0.4) is 0 Å². The summed E-state index contributed by atoms with van der Waals surface area (Å²) in [6.07, 6.45) is 1.06. The molecule has 0 heterocycles. The van der Waals surface area contributed by atoms with Crippen molar-refractivity contribution in [3.63, 3.8) is 0 Å². The first-order valence-corrected chi connectivity index (χ1v) is 8.55. The van der Waals surface area contributed by atoms with Crippen LogP contribution in [0.2, 0.25) is 0 Å². The number of nitrogens with one attached hydrogen (secondary N) is 1. The standard InChI is InChI=1S/C17H19Br2NO/c1-3-12-4-6-13(7-5-12)11-21-17-15(18)8-14(10-20-2)9-16(17)19/h4-9,20H,3,10-11H2,1-2H3. The highest BCUT2D eigenvalue weighted by molar-refractivity contribution is 9.11. The smallest absolute Gasteiger partial charge is 0.148 e. The summed E-state index contributed by atoms with van der Waals surface area (Å²) < 4.78 is 7.88. The molecule has 2 rings (SSSR count). The van der Waals surface area contributed by atoms with Crippen molar-refractivity contribution >= 4 is 31.9 Å². The Morgan fingerprint density at radius 3 is 2.05 bits per heavy atom. The largest absolute Gasteiger partial charge is 0.487 e. The molecule has 112 valence electrons. The third-order valence-electron chi connectivity index (χ3n) is 3.25. The lowest BCUT2D eigenvalue weighted by Gasteiger charge is -2.12. The summed E-state index contributed by atoms with van der Waals surface area (Å²) in [5, 5.41) is 3.14. The predicted molar refractivity (Wildman–Crippen MR) is 94.8 cm³/mol. The van der Waals surface area contributed by atoms with Gasteiger partial charge >= 0.3 is 0 Å². The van der Waals surface area contributed by atoms with Crippen LogP contribution in [0.5, 0.6) is 5.75 Å². The lowest BCUT2D eigenvalue weighted by Crippen LogP contribution is -2.05. The second kappa shape index (κ2) is 7.97. The van der Waals surface area contributed by atoms with Gasteiger partial charge in [-0.1, -0.05) is 31.2 Å². The van der Waals surface area contributed by atoms with Gasteiger partial charge in [-0.25, -0.2) is 0 Å². The average Bonchev–Trinajstić information content (AvgIpc) is 2.47. The zero-order chi connectivity index (χ0) is 15.2. The van der Waals surface area contributed by atoms with E-state index in [2.05, 4.69) is 80.5 Å². The zero-order valence-electron chi connectivity index (χ0n) is 12.2. The van der Waals surface area contributed by atoms with E-state index in [-0.39, 0.29) is 0 Å². The summed E-state index contributed by atoms with van der Waals surface area (Å²) in [6.45, 7) is 3.55. The maximum absolute atomic E-state index is 5.95. The molecule has 4 heteroatoms. The van der Waals surface area contributed by atoms with Crippen molar-refractivity contribution in [3.05, 3.63) is 62.0 Å². The normalized spacial score (nSPS) is 10.7. The summed E-state index contributed by atoms with van der Waals surface area (Å²) in [5.41, 5.74) is 3.72. The third kappa shape index (κ3) is 4.56. The Balaban J connectivity index is 2.08. The van der Waals surface area contributed by atoms with E-state index >= 15 is 0 Å². The Labute approximate surface area is 143 Å². The summed E-state index contributed by atoms with van der Waals surface area (Å²) in [7, 11) is 1.94. The van der Waals surface area contributed by atoms with Gasteiger partial charge < -0.3 is 10.1 Å². The molecular formula is C17H19Br2NO. The van der Waals surface area contributed by atoms with Gasteiger partial charge in [-0.05, 0) is 74.2 Å². The fraction of sp³-hybridized carbons (Fsp3) is 0.294. The van der Waals surface area contributed by atoms with Gasteiger partial charge in [-0.15, -0.1) is 0 Å². The molecule has 0 radical (unpaired) electrons. The van der Waals surface area contributed by atoms with Gasteiger partial charge in [-0.2, -0.15) is 0 Å². The summed E-state index contributed by atoms with van der Waals surface area (Å²) in [5.74, 6) is 0.842. The highest BCUT2D eigenvalue weighted by Gasteiger charge is 2.09. The van der Waals surface area contributed by atoms with Crippen molar-refractivity contribution in [1.29, 1.82) is 0 Å². The molecule has 2 aromatic carbocycles. The van der Waals surface area contributed by atoms with Gasteiger partial charge in [0.1, 0.15) is 12.4 Å². The van der Waals surface area contributed by atoms with E-state index in [1.54, 1.807) is 0 Å². The Morgan fingerprint density at radius 2 is 1.52 bits per heavy atom. The van der Waals surface area contributed by atoms with Gasteiger partial charge in [-0.3, -0.25) is 0 Å². The lowest BCUT2D eigenvalue weighted by molar-refractivity contribution is 0.302. The quantitative estimate of drug-likeness (QED) is 0.714. The van der Waals surface area contributed by atoms with Crippen molar-refractivity contribution in [2.45, 2.75) is 26.5 Å².